The van der Waals surface area contributed by atoms with Gasteiger partial charge in [-0.15, -0.1) is 0 Å². The number of benzene rings is 1. The molecular formula is C9H11NO5S. The fourth-order valence-electron chi connectivity index (χ4n) is 1.16. The highest BCUT2D eigenvalue weighted by molar-refractivity contribution is 8.01. The molecule has 1 unspecified atom stereocenters. The van der Waals surface area contributed by atoms with Crippen LogP contribution >= 0.6 is 0 Å². The Hall–Kier alpha value is -1.44. The summed E-state index contributed by atoms with van der Waals surface area (Å²) < 4.78 is 29.5. The van der Waals surface area contributed by atoms with Crippen molar-refractivity contribution in [2.24, 2.45) is 5.73 Å². The second-order valence-corrected chi connectivity index (χ2v) is 4.62. The van der Waals surface area contributed by atoms with E-state index in [4.69, 9.17) is 15.4 Å². The molecule has 1 aromatic rings. The van der Waals surface area contributed by atoms with Crippen molar-refractivity contribution >= 4 is 15.2 Å². The number of phenolic OH excluding ortho intramolecular Hbond substituents is 1. The maximum atomic E-state index is 11.0. The van der Waals surface area contributed by atoms with Gasteiger partial charge in [0, 0.05) is 0 Å². The number of aromatic hydroxyl groups is 1. The van der Waals surface area contributed by atoms with Crippen LogP contribution in [0.1, 0.15) is 5.56 Å². The molecule has 1 aromatic carbocycles. The van der Waals surface area contributed by atoms with Crippen LogP contribution in [0.2, 0.25) is 0 Å². The molecule has 0 heterocycles. The van der Waals surface area contributed by atoms with E-state index in [1.165, 1.54) is 24.3 Å². The Morgan fingerprint density at radius 2 is 1.81 bits per heavy atom. The lowest BCUT2D eigenvalue weighted by atomic mass is 10.1. The van der Waals surface area contributed by atoms with Crippen LogP contribution in [0.4, 0.5) is 0 Å². The molecule has 0 radical (unpaired) electrons. The van der Waals surface area contributed by atoms with Crippen LogP contribution < -0.4 is 5.73 Å². The smallest absolute Gasteiger partial charge is 0.330 e. The fourth-order valence-corrected chi connectivity index (χ4v) is 1.63. The van der Waals surface area contributed by atoms with Gasteiger partial charge in [0.15, 0.2) is 0 Å². The number of rotatable bonds is 3. The number of phenols is 1. The second-order valence-electron chi connectivity index (χ2n) is 3.27. The molecule has 0 aliphatic rings. The second kappa shape index (κ2) is 4.60. The normalized spacial score (nSPS) is 13.4. The van der Waals surface area contributed by atoms with Crippen LogP contribution in [0.25, 0.3) is 0 Å². The molecule has 0 fully saturated rings. The Labute approximate surface area is 92.5 Å². The summed E-state index contributed by atoms with van der Waals surface area (Å²) in [5.74, 6) is 0.0541. The summed E-state index contributed by atoms with van der Waals surface area (Å²) in [4.78, 5) is 11.0. The van der Waals surface area contributed by atoms with Gasteiger partial charge in [-0.05, 0) is 24.1 Å². The van der Waals surface area contributed by atoms with Crippen molar-refractivity contribution in [2.75, 3.05) is 0 Å². The van der Waals surface area contributed by atoms with E-state index >= 15 is 0 Å². The van der Waals surface area contributed by atoms with Crippen molar-refractivity contribution in [3.8, 4) is 5.75 Å². The lowest BCUT2D eigenvalue weighted by Crippen LogP contribution is -2.37. The minimum atomic E-state index is -4.74. The van der Waals surface area contributed by atoms with Gasteiger partial charge >= 0.3 is 10.1 Å². The van der Waals surface area contributed by atoms with Crippen molar-refractivity contribution in [2.45, 2.75) is 12.5 Å². The Kier molecular flexibility index (Phi) is 3.63. The Morgan fingerprint density at radius 1 is 1.31 bits per heavy atom. The SMILES string of the molecule is NC(Cc1ccc(O)cc1)C(=O)S(=O)(=O)O. The molecule has 0 saturated carbocycles. The zero-order valence-corrected chi connectivity index (χ0v) is 9.02. The minimum Gasteiger partial charge on any atom is -0.508 e. The van der Waals surface area contributed by atoms with E-state index < -0.39 is 21.3 Å². The zero-order chi connectivity index (χ0) is 12.3. The Balaban J connectivity index is 2.76. The van der Waals surface area contributed by atoms with E-state index in [0.717, 1.165) is 0 Å². The minimum absolute atomic E-state index is 0.0289. The van der Waals surface area contributed by atoms with Gasteiger partial charge in [0.25, 0.3) is 5.12 Å². The maximum absolute atomic E-state index is 11.0. The molecule has 0 aliphatic carbocycles. The highest BCUT2D eigenvalue weighted by Crippen LogP contribution is 2.11. The number of hydrogen-bond donors (Lipinski definition) is 3. The molecule has 0 saturated heterocycles. The van der Waals surface area contributed by atoms with Crippen LogP contribution in [0.3, 0.4) is 0 Å². The summed E-state index contributed by atoms with van der Waals surface area (Å²) >= 11 is 0. The van der Waals surface area contributed by atoms with Gasteiger partial charge in [0.2, 0.25) is 0 Å². The van der Waals surface area contributed by atoms with Crippen LogP contribution in [-0.4, -0.2) is 29.2 Å². The van der Waals surface area contributed by atoms with Crippen molar-refractivity contribution in [1.82, 2.24) is 0 Å². The van der Waals surface area contributed by atoms with Gasteiger partial charge in [0.05, 0.1) is 6.04 Å². The molecule has 0 spiro atoms. The third-order valence-corrected chi connectivity index (χ3v) is 2.76. The first-order valence-corrected chi connectivity index (χ1v) is 5.79. The summed E-state index contributed by atoms with van der Waals surface area (Å²) in [6.07, 6.45) is -0.0289. The summed E-state index contributed by atoms with van der Waals surface area (Å²) in [6.45, 7) is 0. The Bertz CT molecular complexity index is 479. The summed E-state index contributed by atoms with van der Waals surface area (Å²) in [7, 11) is -4.74. The molecule has 0 bridgehead atoms. The van der Waals surface area contributed by atoms with E-state index in [2.05, 4.69) is 0 Å². The first-order valence-electron chi connectivity index (χ1n) is 4.35. The molecule has 1 rings (SSSR count). The topological polar surface area (TPSA) is 118 Å². The zero-order valence-electron chi connectivity index (χ0n) is 8.20. The van der Waals surface area contributed by atoms with Crippen molar-refractivity contribution in [3.05, 3.63) is 29.8 Å². The average molecular weight is 245 g/mol. The fraction of sp³-hybridized carbons (Fsp3) is 0.222. The van der Waals surface area contributed by atoms with Crippen molar-refractivity contribution in [3.63, 3.8) is 0 Å². The monoisotopic (exact) mass is 245 g/mol. The highest BCUT2D eigenvalue weighted by Gasteiger charge is 2.26. The molecular weight excluding hydrogens is 234 g/mol. The van der Waals surface area contributed by atoms with Gasteiger partial charge in [-0.1, -0.05) is 12.1 Å². The number of hydrogen-bond acceptors (Lipinski definition) is 5. The molecule has 7 heteroatoms. The van der Waals surface area contributed by atoms with E-state index in [0.29, 0.717) is 5.56 Å². The lowest BCUT2D eigenvalue weighted by Gasteiger charge is -2.08. The van der Waals surface area contributed by atoms with E-state index in [1.54, 1.807) is 0 Å². The highest BCUT2D eigenvalue weighted by atomic mass is 32.2. The van der Waals surface area contributed by atoms with Gasteiger partial charge in [-0.2, -0.15) is 8.42 Å². The van der Waals surface area contributed by atoms with E-state index in [9.17, 15) is 13.2 Å². The average Bonchev–Trinajstić information content (AvgIpc) is 2.19. The third kappa shape index (κ3) is 3.30. The van der Waals surface area contributed by atoms with Crippen molar-refractivity contribution in [1.29, 1.82) is 0 Å². The van der Waals surface area contributed by atoms with Crippen LogP contribution in [0, 0.1) is 0 Å². The number of nitrogens with two attached hydrogens (primary N) is 1. The number of carbonyl (C=O) groups is 1. The molecule has 1 atom stereocenters. The Morgan fingerprint density at radius 3 is 2.25 bits per heavy atom. The standard InChI is InChI=1S/C9H11NO5S/c10-8(9(12)16(13,14)15)5-6-1-3-7(11)4-2-6/h1-4,8,11H,5,10H2,(H,13,14,15). The van der Waals surface area contributed by atoms with Gasteiger partial charge < -0.3 is 10.8 Å². The van der Waals surface area contributed by atoms with E-state index in [1.807, 2.05) is 0 Å². The lowest BCUT2D eigenvalue weighted by molar-refractivity contribution is -0.113. The van der Waals surface area contributed by atoms with Crippen LogP contribution in [-0.2, 0) is 21.3 Å². The third-order valence-electron chi connectivity index (χ3n) is 1.95. The van der Waals surface area contributed by atoms with Crippen molar-refractivity contribution < 1.29 is 22.9 Å². The molecule has 0 aromatic heterocycles. The summed E-state index contributed by atoms with van der Waals surface area (Å²) in [6, 6.07) is 4.47. The molecule has 4 N–H and O–H groups in total. The predicted octanol–water partition coefficient (Wildman–Crippen LogP) is -0.324. The van der Waals surface area contributed by atoms with Crippen LogP contribution in [0.5, 0.6) is 5.75 Å². The van der Waals surface area contributed by atoms with E-state index in [-0.39, 0.29) is 12.2 Å². The van der Waals surface area contributed by atoms with Crippen LogP contribution in [0.15, 0.2) is 24.3 Å². The molecule has 16 heavy (non-hydrogen) atoms. The molecule has 0 amide bonds. The number of carbonyl (C=O) groups excluding carboxylic acids is 1. The summed E-state index contributed by atoms with van der Waals surface area (Å²) in [5, 5.41) is 7.58. The van der Waals surface area contributed by atoms with Gasteiger partial charge in [-0.25, -0.2) is 0 Å². The molecule has 0 aliphatic heterocycles. The summed E-state index contributed by atoms with van der Waals surface area (Å²) in [5.41, 5.74) is 5.91. The quantitative estimate of drug-likeness (QED) is 0.628. The maximum Gasteiger partial charge on any atom is 0.330 e. The first kappa shape index (κ1) is 12.6. The molecule has 88 valence electrons. The molecule has 6 nitrogen and oxygen atoms in total. The first-order chi connectivity index (χ1) is 7.30. The largest absolute Gasteiger partial charge is 0.508 e. The van der Waals surface area contributed by atoms with Gasteiger partial charge in [-0.3, -0.25) is 9.35 Å². The predicted molar refractivity (Wildman–Crippen MR) is 56.3 cm³/mol. The van der Waals surface area contributed by atoms with Gasteiger partial charge in [0.1, 0.15) is 5.75 Å².